The van der Waals surface area contributed by atoms with Gasteiger partial charge in [-0.05, 0) is 33.6 Å². The van der Waals surface area contributed by atoms with Crippen LogP contribution >= 0.6 is 15.9 Å². The Balaban J connectivity index is 1.66. The molecule has 0 aromatic heterocycles. The van der Waals surface area contributed by atoms with Crippen molar-refractivity contribution in [2.24, 2.45) is 11.0 Å². The Kier molecular flexibility index (Phi) is 3.00. The summed E-state index contributed by atoms with van der Waals surface area (Å²) >= 11 is 3.59. The first-order valence-corrected chi connectivity index (χ1v) is 8.08. The molecule has 0 spiro atoms. The second kappa shape index (κ2) is 4.74. The van der Waals surface area contributed by atoms with Crippen molar-refractivity contribution in [1.29, 1.82) is 0 Å². The average molecular weight is 337 g/mol. The van der Waals surface area contributed by atoms with Crippen molar-refractivity contribution >= 4 is 21.6 Å². The van der Waals surface area contributed by atoms with Crippen molar-refractivity contribution in [3.05, 3.63) is 28.2 Å². The summed E-state index contributed by atoms with van der Waals surface area (Å²) < 4.78 is 6.33. The Bertz CT molecular complexity index is 566. The molecule has 106 valence electrons. The number of fused-ring (bicyclic) bond motifs is 2. The number of halogens is 1. The van der Waals surface area contributed by atoms with Gasteiger partial charge in [0.25, 0.3) is 0 Å². The Hall–Kier alpha value is -1.07. The molecular formula is C15H19BrN3O+. The Labute approximate surface area is 127 Å². The molecule has 0 aliphatic carbocycles. The van der Waals surface area contributed by atoms with Gasteiger partial charge in [0.15, 0.2) is 6.04 Å². The summed E-state index contributed by atoms with van der Waals surface area (Å²) in [5, 5.41) is 4.67. The third kappa shape index (κ3) is 1.79. The van der Waals surface area contributed by atoms with Crippen LogP contribution in [0.1, 0.15) is 24.4 Å². The molecule has 3 saturated heterocycles. The number of nitrogens with one attached hydrogen (secondary N) is 2. The molecule has 1 aromatic rings. The van der Waals surface area contributed by atoms with Gasteiger partial charge in [0, 0.05) is 18.8 Å². The molecule has 4 aliphatic heterocycles. The number of rotatable bonds is 2. The van der Waals surface area contributed by atoms with E-state index in [2.05, 4.69) is 38.6 Å². The fraction of sp³-hybridized carbons (Fsp3) is 0.533. The molecule has 5 heteroatoms. The zero-order valence-corrected chi connectivity index (χ0v) is 13.1. The fourth-order valence-electron chi connectivity index (χ4n) is 3.99. The monoisotopic (exact) mass is 336 g/mol. The Morgan fingerprint density at radius 1 is 1.35 bits per heavy atom. The number of quaternary nitrogens is 1. The number of benzene rings is 1. The van der Waals surface area contributed by atoms with Gasteiger partial charge in [-0.3, -0.25) is 5.43 Å². The van der Waals surface area contributed by atoms with Gasteiger partial charge < -0.3 is 9.64 Å². The van der Waals surface area contributed by atoms with Gasteiger partial charge in [0.05, 0.1) is 24.7 Å². The first-order chi connectivity index (χ1) is 9.78. The fourth-order valence-corrected chi connectivity index (χ4v) is 4.55. The van der Waals surface area contributed by atoms with E-state index in [1.165, 1.54) is 37.2 Å². The number of hydrogen-bond donors (Lipinski definition) is 2. The molecule has 5 rings (SSSR count). The van der Waals surface area contributed by atoms with E-state index >= 15 is 0 Å². The molecule has 2 N–H and O–H groups in total. The molecule has 4 nitrogen and oxygen atoms in total. The van der Waals surface area contributed by atoms with Crippen LogP contribution in [0.25, 0.3) is 0 Å². The van der Waals surface area contributed by atoms with Gasteiger partial charge in [0.1, 0.15) is 17.5 Å². The maximum absolute atomic E-state index is 5.32. The highest BCUT2D eigenvalue weighted by Gasteiger charge is 2.50. The van der Waals surface area contributed by atoms with Gasteiger partial charge in [-0.2, -0.15) is 5.10 Å². The van der Waals surface area contributed by atoms with Gasteiger partial charge in [-0.25, -0.2) is 0 Å². The predicted molar refractivity (Wildman–Crippen MR) is 81.2 cm³/mol. The summed E-state index contributed by atoms with van der Waals surface area (Å²) in [5.74, 6) is 1.60. The molecule has 4 aliphatic rings. The van der Waals surface area contributed by atoms with Crippen molar-refractivity contribution in [2.75, 3.05) is 20.2 Å². The second-order valence-corrected chi connectivity index (χ2v) is 6.80. The van der Waals surface area contributed by atoms with E-state index in [4.69, 9.17) is 4.74 Å². The van der Waals surface area contributed by atoms with Crippen molar-refractivity contribution < 1.29 is 9.64 Å². The Morgan fingerprint density at radius 2 is 2.15 bits per heavy atom. The van der Waals surface area contributed by atoms with Crippen LogP contribution < -0.4 is 15.1 Å². The highest BCUT2D eigenvalue weighted by atomic mass is 79.9. The number of hydrogen-bond acceptors (Lipinski definition) is 3. The van der Waals surface area contributed by atoms with Crippen LogP contribution in [-0.2, 0) is 0 Å². The Morgan fingerprint density at radius 3 is 2.85 bits per heavy atom. The summed E-state index contributed by atoms with van der Waals surface area (Å²) in [6.45, 7) is 2.59. The molecule has 0 saturated carbocycles. The smallest absolute Gasteiger partial charge is 0.155 e. The summed E-state index contributed by atoms with van der Waals surface area (Å²) in [7, 11) is 1.70. The summed E-state index contributed by atoms with van der Waals surface area (Å²) in [4.78, 5) is 1.70. The lowest BCUT2D eigenvalue weighted by molar-refractivity contribution is -0.927. The molecule has 0 unspecified atom stereocenters. The van der Waals surface area contributed by atoms with Crippen LogP contribution in [0.4, 0.5) is 0 Å². The normalized spacial score (nSPS) is 34.4. The van der Waals surface area contributed by atoms with E-state index in [9.17, 15) is 0 Å². The van der Waals surface area contributed by atoms with Crippen LogP contribution in [0.5, 0.6) is 5.75 Å². The lowest BCUT2D eigenvalue weighted by Crippen LogP contribution is -3.20. The molecule has 2 atom stereocenters. The predicted octanol–water partition coefficient (Wildman–Crippen LogP) is 1.14. The van der Waals surface area contributed by atoms with Crippen molar-refractivity contribution in [3.8, 4) is 5.75 Å². The minimum absolute atomic E-state index is 0.310. The minimum Gasteiger partial charge on any atom is -0.496 e. The van der Waals surface area contributed by atoms with E-state index in [0.29, 0.717) is 12.1 Å². The maximum Gasteiger partial charge on any atom is 0.155 e. The van der Waals surface area contributed by atoms with Gasteiger partial charge in [0.2, 0.25) is 0 Å². The zero-order valence-electron chi connectivity index (χ0n) is 11.5. The topological polar surface area (TPSA) is 38.1 Å². The highest BCUT2D eigenvalue weighted by Crippen LogP contribution is 2.33. The molecule has 4 heterocycles. The average Bonchev–Trinajstić information content (AvgIpc) is 2.95. The van der Waals surface area contributed by atoms with E-state index in [1.807, 2.05) is 6.07 Å². The lowest BCUT2D eigenvalue weighted by atomic mass is 9.78. The number of hydrazone groups is 1. The largest absolute Gasteiger partial charge is 0.496 e. The van der Waals surface area contributed by atoms with E-state index in [1.54, 1.807) is 12.0 Å². The van der Waals surface area contributed by atoms with Crippen molar-refractivity contribution in [1.82, 2.24) is 5.43 Å². The number of nitrogens with zero attached hydrogens (tertiary/aromatic N) is 1. The van der Waals surface area contributed by atoms with Gasteiger partial charge >= 0.3 is 0 Å². The molecule has 1 aromatic carbocycles. The maximum atomic E-state index is 5.32. The number of methoxy groups -OCH3 is 1. The summed E-state index contributed by atoms with van der Waals surface area (Å²) in [6.07, 6.45) is 2.62. The highest BCUT2D eigenvalue weighted by molar-refractivity contribution is 9.10. The quantitative estimate of drug-likeness (QED) is 0.849. The van der Waals surface area contributed by atoms with Gasteiger partial charge in [-0.15, -0.1) is 0 Å². The first-order valence-electron chi connectivity index (χ1n) is 7.29. The van der Waals surface area contributed by atoms with Crippen LogP contribution in [0.3, 0.4) is 0 Å². The lowest BCUT2D eigenvalue weighted by Gasteiger charge is -2.42. The van der Waals surface area contributed by atoms with Crippen LogP contribution in [-0.4, -0.2) is 32.0 Å². The molecule has 0 amide bonds. The van der Waals surface area contributed by atoms with E-state index in [-0.39, 0.29) is 0 Å². The van der Waals surface area contributed by atoms with Crippen LogP contribution in [0, 0.1) is 5.92 Å². The number of piperidine rings is 3. The van der Waals surface area contributed by atoms with Crippen molar-refractivity contribution in [3.63, 3.8) is 0 Å². The molecule has 20 heavy (non-hydrogen) atoms. The summed E-state index contributed by atoms with van der Waals surface area (Å²) in [5.41, 5.74) is 6.09. The molecule has 3 fully saturated rings. The SMILES string of the molecule is COc1ccc([C@H]2NN=C3C4CC[NH+](CC4)[C@@H]32)cc1Br. The summed E-state index contributed by atoms with van der Waals surface area (Å²) in [6, 6.07) is 7.19. The van der Waals surface area contributed by atoms with E-state index in [0.717, 1.165) is 16.1 Å². The van der Waals surface area contributed by atoms with E-state index < -0.39 is 0 Å². The van der Waals surface area contributed by atoms with Crippen molar-refractivity contribution in [2.45, 2.75) is 24.9 Å². The van der Waals surface area contributed by atoms with Gasteiger partial charge in [-0.1, -0.05) is 6.07 Å². The second-order valence-electron chi connectivity index (χ2n) is 5.95. The standard InChI is InChI=1S/C15H18BrN3O/c1-20-12-3-2-10(8-11(12)16)14-15-13(17-18-14)9-4-6-19(15)7-5-9/h2-3,8-9,14-15,18H,4-7H2,1H3/p+1/t14-,15+/m1/s1. The minimum atomic E-state index is 0.310. The first kappa shape index (κ1) is 12.7. The molecular weight excluding hydrogens is 318 g/mol. The third-order valence-electron chi connectivity index (χ3n) is 5.01. The third-order valence-corrected chi connectivity index (χ3v) is 5.63. The number of ether oxygens (including phenoxy) is 1. The molecule has 2 bridgehead atoms. The van der Waals surface area contributed by atoms with Crippen LogP contribution in [0.2, 0.25) is 0 Å². The zero-order chi connectivity index (χ0) is 13.7. The van der Waals surface area contributed by atoms with Crippen LogP contribution in [0.15, 0.2) is 27.8 Å². The molecule has 0 radical (unpaired) electrons.